The van der Waals surface area contributed by atoms with Crippen molar-refractivity contribution in [3.05, 3.63) is 94.5 Å². The van der Waals surface area contributed by atoms with Crippen molar-refractivity contribution in [3.8, 4) is 5.75 Å². The van der Waals surface area contributed by atoms with Crippen LogP contribution in [0.3, 0.4) is 0 Å². The van der Waals surface area contributed by atoms with E-state index in [-0.39, 0.29) is 24.0 Å². The van der Waals surface area contributed by atoms with Gasteiger partial charge in [-0.1, -0.05) is 30.3 Å². The molecule has 3 aromatic rings. The van der Waals surface area contributed by atoms with E-state index >= 15 is 0 Å². The van der Waals surface area contributed by atoms with Gasteiger partial charge in [0.2, 0.25) is 0 Å². The lowest BCUT2D eigenvalue weighted by molar-refractivity contribution is -0.385. The van der Waals surface area contributed by atoms with E-state index in [1.807, 2.05) is 37.3 Å². The van der Waals surface area contributed by atoms with E-state index in [1.54, 1.807) is 35.2 Å². The standard InChI is InChI=1S/C23H21N3O5/c1-2-25(19-8-4-3-5-9-19)23(28)17-12-14-18(15-13-17)24-22(27)16-31-21-11-7-6-10-20(21)26(29)30/h3-15H,2,16H2,1H3,(H,24,27). The number of anilines is 2. The van der Waals surface area contributed by atoms with Gasteiger partial charge >= 0.3 is 5.69 Å². The number of para-hydroxylation sites is 3. The normalized spacial score (nSPS) is 10.2. The van der Waals surface area contributed by atoms with E-state index in [0.717, 1.165) is 5.69 Å². The summed E-state index contributed by atoms with van der Waals surface area (Å²) < 4.78 is 5.27. The molecule has 3 aromatic carbocycles. The molecule has 31 heavy (non-hydrogen) atoms. The van der Waals surface area contributed by atoms with Gasteiger partial charge in [0.05, 0.1) is 4.92 Å². The molecule has 0 aliphatic rings. The summed E-state index contributed by atoms with van der Waals surface area (Å²) in [5, 5.41) is 13.6. The third-order valence-electron chi connectivity index (χ3n) is 4.47. The lowest BCUT2D eigenvalue weighted by Gasteiger charge is -2.21. The Morgan fingerprint density at radius 2 is 1.61 bits per heavy atom. The van der Waals surface area contributed by atoms with Crippen molar-refractivity contribution in [1.29, 1.82) is 0 Å². The quantitative estimate of drug-likeness (QED) is 0.434. The van der Waals surface area contributed by atoms with Crippen LogP contribution in [0.2, 0.25) is 0 Å². The zero-order valence-corrected chi connectivity index (χ0v) is 16.9. The maximum atomic E-state index is 12.8. The van der Waals surface area contributed by atoms with Gasteiger partial charge in [0.1, 0.15) is 0 Å². The molecule has 0 atom stereocenters. The van der Waals surface area contributed by atoms with Crippen LogP contribution in [-0.4, -0.2) is 29.9 Å². The molecule has 3 rings (SSSR count). The molecule has 0 aliphatic heterocycles. The first-order valence-electron chi connectivity index (χ1n) is 9.62. The number of nitrogens with one attached hydrogen (secondary N) is 1. The number of ether oxygens (including phenoxy) is 1. The number of hydrogen-bond donors (Lipinski definition) is 1. The number of carbonyl (C=O) groups excluding carboxylic acids is 2. The zero-order valence-electron chi connectivity index (χ0n) is 16.9. The molecule has 8 heteroatoms. The van der Waals surface area contributed by atoms with Crippen molar-refractivity contribution in [1.82, 2.24) is 0 Å². The highest BCUT2D eigenvalue weighted by Crippen LogP contribution is 2.25. The molecule has 0 saturated carbocycles. The molecule has 0 unspecified atom stereocenters. The van der Waals surface area contributed by atoms with Gasteiger partial charge in [-0.05, 0) is 49.4 Å². The van der Waals surface area contributed by atoms with Crippen molar-refractivity contribution in [2.45, 2.75) is 6.92 Å². The fourth-order valence-electron chi connectivity index (χ4n) is 2.97. The molecule has 0 spiro atoms. The Balaban J connectivity index is 1.61. The van der Waals surface area contributed by atoms with Gasteiger partial charge < -0.3 is 15.0 Å². The smallest absolute Gasteiger partial charge is 0.310 e. The van der Waals surface area contributed by atoms with Crippen LogP contribution in [0.4, 0.5) is 17.1 Å². The number of hydrogen-bond acceptors (Lipinski definition) is 5. The van der Waals surface area contributed by atoms with Crippen molar-refractivity contribution in [2.75, 3.05) is 23.4 Å². The Labute approximate surface area is 179 Å². The minimum Gasteiger partial charge on any atom is -0.477 e. The molecule has 0 fully saturated rings. The van der Waals surface area contributed by atoms with E-state index in [1.165, 1.54) is 18.2 Å². The van der Waals surface area contributed by atoms with Crippen LogP contribution in [0.15, 0.2) is 78.9 Å². The number of nitro groups is 1. The van der Waals surface area contributed by atoms with E-state index in [9.17, 15) is 19.7 Å². The molecular formula is C23H21N3O5. The molecule has 0 bridgehead atoms. The van der Waals surface area contributed by atoms with Crippen LogP contribution in [0.25, 0.3) is 0 Å². The summed E-state index contributed by atoms with van der Waals surface area (Å²) in [5.74, 6) is -0.604. The number of nitro benzene ring substituents is 1. The Morgan fingerprint density at radius 3 is 2.26 bits per heavy atom. The van der Waals surface area contributed by atoms with E-state index in [4.69, 9.17) is 4.74 Å². The van der Waals surface area contributed by atoms with Crippen molar-refractivity contribution in [2.24, 2.45) is 0 Å². The van der Waals surface area contributed by atoms with Gasteiger partial charge in [0, 0.05) is 29.5 Å². The minimum absolute atomic E-state index is 0.0177. The van der Waals surface area contributed by atoms with Gasteiger partial charge in [-0.25, -0.2) is 0 Å². The third kappa shape index (κ3) is 5.45. The molecule has 8 nitrogen and oxygen atoms in total. The molecule has 0 aliphatic carbocycles. The SMILES string of the molecule is CCN(C(=O)c1ccc(NC(=O)COc2ccccc2[N+](=O)[O-])cc1)c1ccccc1. The number of benzene rings is 3. The van der Waals surface area contributed by atoms with Gasteiger partial charge in [0.25, 0.3) is 11.8 Å². The summed E-state index contributed by atoms with van der Waals surface area (Å²) in [6.45, 7) is 2.03. The number of amides is 2. The summed E-state index contributed by atoms with van der Waals surface area (Å²) in [6, 6.07) is 21.7. The second-order valence-corrected chi connectivity index (χ2v) is 6.52. The maximum absolute atomic E-state index is 12.8. The Hall–Kier alpha value is -4.20. The van der Waals surface area contributed by atoms with E-state index in [0.29, 0.717) is 17.8 Å². The van der Waals surface area contributed by atoms with E-state index in [2.05, 4.69) is 5.32 Å². The van der Waals surface area contributed by atoms with Gasteiger partial charge in [-0.2, -0.15) is 0 Å². The second kappa shape index (κ2) is 10.0. The summed E-state index contributed by atoms with van der Waals surface area (Å²) in [4.78, 5) is 37.1. The lowest BCUT2D eigenvalue weighted by atomic mass is 10.1. The topological polar surface area (TPSA) is 102 Å². The van der Waals surface area contributed by atoms with Crippen LogP contribution in [0.5, 0.6) is 5.75 Å². The predicted octanol–water partition coefficient (Wildman–Crippen LogP) is 4.28. The summed E-state index contributed by atoms with van der Waals surface area (Å²) >= 11 is 0. The minimum atomic E-state index is -0.571. The van der Waals surface area contributed by atoms with Crippen molar-refractivity contribution < 1.29 is 19.2 Å². The Bertz CT molecular complexity index is 1070. The second-order valence-electron chi connectivity index (χ2n) is 6.52. The zero-order chi connectivity index (χ0) is 22.2. The Morgan fingerprint density at radius 1 is 0.968 bits per heavy atom. The largest absolute Gasteiger partial charge is 0.477 e. The first kappa shape index (κ1) is 21.5. The molecule has 0 radical (unpaired) electrons. The summed E-state index contributed by atoms with van der Waals surface area (Å²) in [5.41, 5.74) is 1.56. The fourth-order valence-corrected chi connectivity index (χ4v) is 2.97. The highest BCUT2D eigenvalue weighted by Gasteiger charge is 2.17. The summed E-state index contributed by atoms with van der Waals surface area (Å²) in [7, 11) is 0. The monoisotopic (exact) mass is 419 g/mol. The molecule has 0 aromatic heterocycles. The molecular weight excluding hydrogens is 398 g/mol. The first-order chi connectivity index (χ1) is 15.0. The predicted molar refractivity (Wildman–Crippen MR) is 117 cm³/mol. The highest BCUT2D eigenvalue weighted by atomic mass is 16.6. The first-order valence-corrected chi connectivity index (χ1v) is 9.62. The number of rotatable bonds is 8. The Kier molecular flexibility index (Phi) is 6.95. The van der Waals surface area contributed by atoms with Crippen LogP contribution in [0.1, 0.15) is 17.3 Å². The maximum Gasteiger partial charge on any atom is 0.310 e. The van der Waals surface area contributed by atoms with Crippen LogP contribution in [0, 0.1) is 10.1 Å². The summed E-state index contributed by atoms with van der Waals surface area (Å²) in [6.07, 6.45) is 0. The molecule has 2 amide bonds. The van der Waals surface area contributed by atoms with Gasteiger partial charge in [-0.15, -0.1) is 0 Å². The fraction of sp³-hybridized carbons (Fsp3) is 0.130. The van der Waals surface area contributed by atoms with Crippen LogP contribution in [-0.2, 0) is 4.79 Å². The van der Waals surface area contributed by atoms with Crippen LogP contribution >= 0.6 is 0 Å². The molecule has 158 valence electrons. The van der Waals surface area contributed by atoms with Crippen LogP contribution < -0.4 is 15.0 Å². The van der Waals surface area contributed by atoms with Gasteiger partial charge in [0.15, 0.2) is 12.4 Å². The average molecular weight is 419 g/mol. The van der Waals surface area contributed by atoms with E-state index < -0.39 is 10.8 Å². The third-order valence-corrected chi connectivity index (χ3v) is 4.47. The highest BCUT2D eigenvalue weighted by molar-refractivity contribution is 6.06. The molecule has 0 saturated heterocycles. The van der Waals surface area contributed by atoms with Crippen molar-refractivity contribution >= 4 is 28.9 Å². The number of nitrogens with zero attached hydrogens (tertiary/aromatic N) is 2. The van der Waals surface area contributed by atoms with Crippen molar-refractivity contribution in [3.63, 3.8) is 0 Å². The number of carbonyl (C=O) groups is 2. The van der Waals surface area contributed by atoms with Gasteiger partial charge in [-0.3, -0.25) is 19.7 Å². The molecule has 1 N–H and O–H groups in total. The lowest BCUT2D eigenvalue weighted by Crippen LogP contribution is -2.30. The molecule has 0 heterocycles. The average Bonchev–Trinajstić information content (AvgIpc) is 2.79.